The highest BCUT2D eigenvalue weighted by atomic mass is 32.2. The van der Waals surface area contributed by atoms with Gasteiger partial charge in [0.05, 0.1) is 5.52 Å². The molecule has 3 aromatic rings. The molecule has 0 unspecified atom stereocenters. The summed E-state index contributed by atoms with van der Waals surface area (Å²) in [5.74, 6) is 0.324. The Hall–Kier alpha value is -2.71. The van der Waals surface area contributed by atoms with Crippen LogP contribution in [0.3, 0.4) is 0 Å². The predicted octanol–water partition coefficient (Wildman–Crippen LogP) is 3.09. The van der Waals surface area contributed by atoms with Crippen molar-refractivity contribution in [3.05, 3.63) is 59.5 Å². The molecule has 8 heteroatoms. The highest BCUT2D eigenvalue weighted by molar-refractivity contribution is 7.89. The number of nitrogens with one attached hydrogen (secondary N) is 1. The van der Waals surface area contributed by atoms with E-state index in [-0.39, 0.29) is 10.8 Å². The van der Waals surface area contributed by atoms with E-state index in [1.165, 1.54) is 10.4 Å². The van der Waals surface area contributed by atoms with E-state index in [1.54, 1.807) is 24.7 Å². The van der Waals surface area contributed by atoms with Crippen LogP contribution in [0.15, 0.2) is 47.5 Å². The van der Waals surface area contributed by atoms with Gasteiger partial charge in [-0.1, -0.05) is 32.0 Å². The Labute approximate surface area is 183 Å². The van der Waals surface area contributed by atoms with Crippen LogP contribution in [0.1, 0.15) is 35.6 Å². The van der Waals surface area contributed by atoms with Crippen LogP contribution in [0.2, 0.25) is 0 Å². The van der Waals surface area contributed by atoms with Gasteiger partial charge < -0.3 is 9.88 Å². The number of aromatic nitrogens is 2. The molecule has 0 aliphatic carbocycles. The van der Waals surface area contributed by atoms with Crippen molar-refractivity contribution in [3.63, 3.8) is 0 Å². The van der Waals surface area contributed by atoms with Gasteiger partial charge in [-0.2, -0.15) is 4.31 Å². The van der Waals surface area contributed by atoms with Gasteiger partial charge >= 0.3 is 0 Å². The fraction of sp³-hybridized carbons (Fsp3) is 0.391. The number of rotatable bonds is 5. The van der Waals surface area contributed by atoms with Gasteiger partial charge in [-0.15, -0.1) is 0 Å². The molecule has 7 nitrogen and oxygen atoms in total. The quantitative estimate of drug-likeness (QED) is 0.661. The summed E-state index contributed by atoms with van der Waals surface area (Å²) in [6.45, 7) is 7.22. The van der Waals surface area contributed by atoms with E-state index < -0.39 is 10.0 Å². The summed E-state index contributed by atoms with van der Waals surface area (Å²) in [6.07, 6.45) is 1.74. The Kier molecular flexibility index (Phi) is 5.61. The molecule has 31 heavy (non-hydrogen) atoms. The molecule has 3 heterocycles. The molecule has 164 valence electrons. The number of hydrogen-bond acceptors (Lipinski definition) is 4. The molecule has 1 fully saturated rings. The third-order valence-corrected chi connectivity index (χ3v) is 8.42. The molecule has 1 saturated heterocycles. The normalized spacial score (nSPS) is 19.7. The monoisotopic (exact) mass is 440 g/mol. The fourth-order valence-electron chi connectivity index (χ4n) is 4.15. The first-order valence-corrected chi connectivity index (χ1v) is 11.9. The number of sulfonamides is 1. The van der Waals surface area contributed by atoms with Crippen molar-refractivity contribution < 1.29 is 13.2 Å². The zero-order valence-corrected chi connectivity index (χ0v) is 19.1. The zero-order valence-electron chi connectivity index (χ0n) is 18.3. The number of carbonyl (C=O) groups is 1. The molecular weight excluding hydrogens is 412 g/mol. The lowest BCUT2D eigenvalue weighted by molar-refractivity contribution is 0.0942. The molecule has 1 aliphatic heterocycles. The first-order valence-electron chi connectivity index (χ1n) is 10.5. The van der Waals surface area contributed by atoms with E-state index in [2.05, 4.69) is 24.1 Å². The van der Waals surface area contributed by atoms with Crippen molar-refractivity contribution >= 4 is 26.8 Å². The zero-order chi connectivity index (χ0) is 22.3. The summed E-state index contributed by atoms with van der Waals surface area (Å²) in [5.41, 5.74) is 2.71. The van der Waals surface area contributed by atoms with Gasteiger partial charge in [0.2, 0.25) is 10.0 Å². The Balaban J connectivity index is 1.57. The van der Waals surface area contributed by atoms with Crippen molar-refractivity contribution in [2.75, 3.05) is 13.1 Å². The molecule has 1 aliphatic rings. The molecule has 0 spiro atoms. The van der Waals surface area contributed by atoms with E-state index in [9.17, 15) is 13.2 Å². The molecule has 0 bridgehead atoms. The van der Waals surface area contributed by atoms with Crippen molar-refractivity contribution in [2.45, 2.75) is 32.2 Å². The standard InChI is InChI=1S/C23H28N4O3S/c1-15-13-27(14-16(15)2)31(29,30)22-11-21(26(4)17(22)3)23(28)25-12-18-7-5-9-20-19(18)8-6-10-24-20/h5-11,15-16H,12-14H2,1-4H3,(H,25,28)/t15-,16-/m1/s1. The van der Waals surface area contributed by atoms with Gasteiger partial charge in [0.25, 0.3) is 5.91 Å². The maximum absolute atomic E-state index is 13.2. The second-order valence-electron chi connectivity index (χ2n) is 8.48. The SMILES string of the molecule is Cc1c(S(=O)(=O)N2C[C@@H](C)[C@H](C)C2)cc(C(=O)NCc2cccc3ncccc23)n1C. The van der Waals surface area contributed by atoms with E-state index in [1.807, 2.05) is 30.3 Å². The van der Waals surface area contributed by atoms with Crippen LogP contribution in [0.25, 0.3) is 10.9 Å². The summed E-state index contributed by atoms with van der Waals surface area (Å²) < 4.78 is 29.7. The number of pyridine rings is 1. The van der Waals surface area contributed by atoms with Gasteiger partial charge in [-0.3, -0.25) is 9.78 Å². The number of nitrogens with zero attached hydrogens (tertiary/aromatic N) is 3. The third-order valence-electron chi connectivity index (χ3n) is 6.47. The Morgan fingerprint density at radius 2 is 1.87 bits per heavy atom. The maximum atomic E-state index is 13.2. The number of hydrogen-bond donors (Lipinski definition) is 1. The number of amides is 1. The van der Waals surface area contributed by atoms with Gasteiger partial charge in [0.1, 0.15) is 10.6 Å². The topological polar surface area (TPSA) is 84.3 Å². The van der Waals surface area contributed by atoms with Crippen molar-refractivity contribution in [1.82, 2.24) is 19.2 Å². The van der Waals surface area contributed by atoms with Crippen molar-refractivity contribution in [3.8, 4) is 0 Å². The summed E-state index contributed by atoms with van der Waals surface area (Å²) in [6, 6.07) is 11.1. The van der Waals surface area contributed by atoms with E-state index in [0.717, 1.165) is 16.5 Å². The molecule has 4 rings (SSSR count). The average Bonchev–Trinajstić information content (AvgIpc) is 3.26. The highest BCUT2D eigenvalue weighted by Gasteiger charge is 2.37. The molecule has 2 atom stereocenters. The van der Waals surface area contributed by atoms with E-state index >= 15 is 0 Å². The highest BCUT2D eigenvalue weighted by Crippen LogP contribution is 2.30. The molecule has 0 radical (unpaired) electrons. The molecular formula is C23H28N4O3S. The summed E-state index contributed by atoms with van der Waals surface area (Å²) in [7, 11) is -1.92. The largest absolute Gasteiger partial charge is 0.347 e. The fourth-order valence-corrected chi connectivity index (χ4v) is 6.06. The van der Waals surface area contributed by atoms with Crippen LogP contribution in [0.4, 0.5) is 0 Å². The minimum Gasteiger partial charge on any atom is -0.347 e. The first kappa shape index (κ1) is 21.5. The van der Waals surface area contributed by atoms with Crippen molar-refractivity contribution in [1.29, 1.82) is 0 Å². The van der Waals surface area contributed by atoms with Crippen LogP contribution < -0.4 is 5.32 Å². The van der Waals surface area contributed by atoms with Gasteiger partial charge in [-0.25, -0.2) is 8.42 Å². The van der Waals surface area contributed by atoms with Crippen LogP contribution in [0.5, 0.6) is 0 Å². The van der Waals surface area contributed by atoms with Gasteiger partial charge in [-0.05, 0) is 42.5 Å². The maximum Gasteiger partial charge on any atom is 0.268 e. The molecule has 2 aromatic heterocycles. The Bertz CT molecular complexity index is 1230. The third kappa shape index (κ3) is 3.85. The smallest absolute Gasteiger partial charge is 0.268 e. The van der Waals surface area contributed by atoms with E-state index in [4.69, 9.17) is 0 Å². The Morgan fingerprint density at radius 1 is 1.16 bits per heavy atom. The number of fused-ring (bicyclic) bond motifs is 1. The van der Waals surface area contributed by atoms with E-state index in [0.29, 0.717) is 42.9 Å². The lowest BCUT2D eigenvalue weighted by atomic mass is 10.0. The molecule has 1 amide bonds. The predicted molar refractivity (Wildman–Crippen MR) is 120 cm³/mol. The van der Waals surface area contributed by atoms with Crippen LogP contribution >= 0.6 is 0 Å². The minimum atomic E-state index is -3.64. The van der Waals surface area contributed by atoms with Gasteiger partial charge in [0, 0.05) is 44.0 Å². The number of carbonyl (C=O) groups excluding carboxylic acids is 1. The minimum absolute atomic E-state index is 0.204. The first-order chi connectivity index (χ1) is 14.7. The van der Waals surface area contributed by atoms with Crippen LogP contribution in [-0.2, 0) is 23.6 Å². The Morgan fingerprint density at radius 3 is 2.58 bits per heavy atom. The lowest BCUT2D eigenvalue weighted by Crippen LogP contribution is -2.29. The second kappa shape index (κ2) is 8.09. The number of benzene rings is 1. The second-order valence-corrected chi connectivity index (χ2v) is 10.4. The molecule has 0 saturated carbocycles. The summed E-state index contributed by atoms with van der Waals surface area (Å²) in [4.78, 5) is 17.5. The summed E-state index contributed by atoms with van der Waals surface area (Å²) >= 11 is 0. The molecule has 1 aromatic carbocycles. The van der Waals surface area contributed by atoms with Crippen molar-refractivity contribution in [2.24, 2.45) is 18.9 Å². The average molecular weight is 441 g/mol. The molecule has 1 N–H and O–H groups in total. The lowest BCUT2D eigenvalue weighted by Gasteiger charge is -2.16. The van der Waals surface area contributed by atoms with Crippen LogP contribution in [-0.4, -0.2) is 41.3 Å². The summed E-state index contributed by atoms with van der Waals surface area (Å²) in [5, 5.41) is 3.91. The van der Waals surface area contributed by atoms with Gasteiger partial charge in [0.15, 0.2) is 0 Å². The van der Waals surface area contributed by atoms with Crippen LogP contribution in [0, 0.1) is 18.8 Å².